The number of carbonyl (C=O) groups is 2. The van der Waals surface area contributed by atoms with Crippen LogP contribution in [-0.4, -0.2) is 47.8 Å². The number of nitrogens with zero attached hydrogens (tertiary/aromatic N) is 2. The fourth-order valence-corrected chi connectivity index (χ4v) is 6.73. The normalized spacial score (nSPS) is 19.1. The highest BCUT2D eigenvalue weighted by atomic mass is 16.2. The van der Waals surface area contributed by atoms with Crippen LogP contribution >= 0.6 is 0 Å². The van der Waals surface area contributed by atoms with E-state index < -0.39 is 0 Å². The van der Waals surface area contributed by atoms with Crippen LogP contribution in [0.1, 0.15) is 83.6 Å². The van der Waals surface area contributed by atoms with E-state index in [1.165, 1.54) is 36.0 Å². The zero-order chi connectivity index (χ0) is 26.1. The highest BCUT2D eigenvalue weighted by Crippen LogP contribution is 2.49. The molecule has 1 N–H and O–H groups in total. The van der Waals surface area contributed by atoms with Gasteiger partial charge in [-0.1, -0.05) is 74.0 Å². The fourth-order valence-electron chi connectivity index (χ4n) is 6.73. The van der Waals surface area contributed by atoms with E-state index >= 15 is 0 Å². The van der Waals surface area contributed by atoms with Gasteiger partial charge in [0, 0.05) is 31.2 Å². The van der Waals surface area contributed by atoms with E-state index in [1.807, 2.05) is 29.2 Å². The number of hydrogen-bond donors (Lipinski definition) is 1. The Balaban J connectivity index is 1.36. The molecule has 0 bridgehead atoms. The van der Waals surface area contributed by atoms with Crippen LogP contribution in [0.2, 0.25) is 0 Å². The average molecular weight is 508 g/mol. The second kappa shape index (κ2) is 10.7. The lowest BCUT2D eigenvalue weighted by Gasteiger charge is -2.37. The maximum Gasteiger partial charge on any atom is 0.254 e. The molecule has 5 nitrogen and oxygen atoms in total. The summed E-state index contributed by atoms with van der Waals surface area (Å²) in [5.74, 6) is -0.0381. The molecule has 3 aromatic rings. The molecule has 2 unspecified atom stereocenters. The highest BCUT2D eigenvalue weighted by Gasteiger charge is 2.37. The van der Waals surface area contributed by atoms with Crippen LogP contribution in [0.4, 0.5) is 0 Å². The summed E-state index contributed by atoms with van der Waals surface area (Å²) in [5, 5.41) is 3.15. The molecule has 2 aliphatic heterocycles. The summed E-state index contributed by atoms with van der Waals surface area (Å²) < 4.78 is 0. The summed E-state index contributed by atoms with van der Waals surface area (Å²) in [4.78, 5) is 31.2. The number of amides is 2. The van der Waals surface area contributed by atoms with Crippen LogP contribution in [-0.2, 0) is 11.3 Å². The Morgan fingerprint density at radius 3 is 2.45 bits per heavy atom. The second-order valence-electron chi connectivity index (χ2n) is 10.9. The molecule has 5 heteroatoms. The van der Waals surface area contributed by atoms with Gasteiger partial charge >= 0.3 is 0 Å². The first-order chi connectivity index (χ1) is 18.7. The molecule has 3 aromatic carbocycles. The lowest BCUT2D eigenvalue weighted by molar-refractivity contribution is -0.121. The largest absolute Gasteiger partial charge is 0.355 e. The zero-order valence-corrected chi connectivity index (χ0v) is 22.3. The molecular formula is C33H37N3O2. The van der Waals surface area contributed by atoms with Gasteiger partial charge in [-0.3, -0.25) is 14.5 Å². The van der Waals surface area contributed by atoms with Crippen molar-refractivity contribution in [1.29, 1.82) is 0 Å². The van der Waals surface area contributed by atoms with E-state index in [1.54, 1.807) is 0 Å². The van der Waals surface area contributed by atoms with Gasteiger partial charge < -0.3 is 10.2 Å². The summed E-state index contributed by atoms with van der Waals surface area (Å²) in [7, 11) is 0. The minimum Gasteiger partial charge on any atom is -0.355 e. The molecule has 2 atom stereocenters. The third-order valence-corrected chi connectivity index (χ3v) is 8.55. The fraction of sp³-hybridized carbons (Fsp3) is 0.394. The molecule has 38 heavy (non-hydrogen) atoms. The summed E-state index contributed by atoms with van der Waals surface area (Å²) in [6.07, 6.45) is 5.49. The van der Waals surface area contributed by atoms with Crippen molar-refractivity contribution in [2.24, 2.45) is 0 Å². The van der Waals surface area contributed by atoms with Crippen molar-refractivity contribution in [1.82, 2.24) is 15.1 Å². The van der Waals surface area contributed by atoms with Crippen molar-refractivity contribution in [3.63, 3.8) is 0 Å². The maximum atomic E-state index is 13.4. The van der Waals surface area contributed by atoms with E-state index in [9.17, 15) is 9.59 Å². The summed E-state index contributed by atoms with van der Waals surface area (Å²) in [5.41, 5.74) is 7.90. The standard InChI is InChI=1S/C33H37N3O2/c1-2-18-34-32(37)31-26-14-7-6-13-25(26)30-27(15-10-16-28(30)31)29(35-19-8-3-9-20-35)17-21-36-22-23-11-4-5-12-24(23)33(36)38/h4-7,10-16,29,31H,2-3,8-9,17-22H2,1H3,(H,34,37). The van der Waals surface area contributed by atoms with Crippen LogP contribution in [0.3, 0.4) is 0 Å². The zero-order valence-electron chi connectivity index (χ0n) is 22.3. The molecule has 2 amide bonds. The van der Waals surface area contributed by atoms with Crippen LogP contribution in [0.15, 0.2) is 66.7 Å². The van der Waals surface area contributed by atoms with Crippen molar-refractivity contribution >= 4 is 11.8 Å². The monoisotopic (exact) mass is 507 g/mol. The van der Waals surface area contributed by atoms with Crippen molar-refractivity contribution in [2.75, 3.05) is 26.2 Å². The number of carbonyl (C=O) groups excluding carboxylic acids is 2. The topological polar surface area (TPSA) is 52.7 Å². The number of fused-ring (bicyclic) bond motifs is 4. The lowest BCUT2D eigenvalue weighted by Crippen LogP contribution is -2.36. The SMILES string of the molecule is CCCNC(=O)C1c2ccccc2-c2c1cccc2C(CCN1Cc2ccccc2C1=O)N1CCCCC1. The molecule has 196 valence electrons. The van der Waals surface area contributed by atoms with Gasteiger partial charge in [0.05, 0.1) is 5.92 Å². The van der Waals surface area contributed by atoms with Gasteiger partial charge in [-0.2, -0.15) is 0 Å². The lowest BCUT2D eigenvalue weighted by atomic mass is 9.89. The third kappa shape index (κ3) is 4.43. The van der Waals surface area contributed by atoms with Gasteiger partial charge in [0.1, 0.15) is 0 Å². The van der Waals surface area contributed by atoms with E-state index in [-0.39, 0.29) is 23.8 Å². The molecule has 0 aromatic heterocycles. The predicted molar refractivity (Wildman–Crippen MR) is 151 cm³/mol. The molecule has 1 fully saturated rings. The number of hydrogen-bond acceptors (Lipinski definition) is 3. The molecule has 3 aliphatic rings. The highest BCUT2D eigenvalue weighted by molar-refractivity contribution is 5.98. The van der Waals surface area contributed by atoms with Crippen molar-refractivity contribution in [3.8, 4) is 11.1 Å². The van der Waals surface area contributed by atoms with Crippen LogP contribution in [0.25, 0.3) is 11.1 Å². The maximum absolute atomic E-state index is 13.4. The number of benzene rings is 3. The smallest absolute Gasteiger partial charge is 0.254 e. The van der Waals surface area contributed by atoms with E-state index in [0.717, 1.165) is 54.7 Å². The molecule has 0 radical (unpaired) electrons. The number of rotatable bonds is 8. The van der Waals surface area contributed by atoms with Crippen molar-refractivity contribution in [3.05, 3.63) is 94.5 Å². The van der Waals surface area contributed by atoms with Crippen LogP contribution in [0.5, 0.6) is 0 Å². The number of nitrogens with one attached hydrogen (secondary N) is 1. The minimum absolute atomic E-state index is 0.0881. The summed E-state index contributed by atoms with van der Waals surface area (Å²) in [6, 6.07) is 23.2. The molecule has 0 saturated carbocycles. The van der Waals surface area contributed by atoms with E-state index in [4.69, 9.17) is 0 Å². The van der Waals surface area contributed by atoms with Gasteiger partial charge in [-0.25, -0.2) is 0 Å². The Kier molecular flexibility index (Phi) is 7.03. The first-order valence-electron chi connectivity index (χ1n) is 14.3. The van der Waals surface area contributed by atoms with Gasteiger partial charge in [-0.15, -0.1) is 0 Å². The van der Waals surface area contributed by atoms with Crippen molar-refractivity contribution in [2.45, 2.75) is 57.5 Å². The van der Waals surface area contributed by atoms with Gasteiger partial charge in [0.25, 0.3) is 5.91 Å². The Morgan fingerprint density at radius 2 is 1.66 bits per heavy atom. The minimum atomic E-state index is -0.274. The van der Waals surface area contributed by atoms with E-state index in [2.05, 4.69) is 59.6 Å². The molecule has 2 heterocycles. The van der Waals surface area contributed by atoms with Crippen LogP contribution in [0, 0.1) is 0 Å². The van der Waals surface area contributed by atoms with Crippen LogP contribution < -0.4 is 5.32 Å². The average Bonchev–Trinajstić information content (AvgIpc) is 3.47. The molecule has 1 aliphatic carbocycles. The number of piperidine rings is 1. The Morgan fingerprint density at radius 1 is 0.921 bits per heavy atom. The Bertz CT molecular complexity index is 1340. The van der Waals surface area contributed by atoms with Gasteiger partial charge in [-0.05, 0) is 78.2 Å². The second-order valence-corrected chi connectivity index (χ2v) is 10.9. The molecule has 6 rings (SSSR count). The molecule has 0 spiro atoms. The van der Waals surface area contributed by atoms with Gasteiger partial charge in [0.15, 0.2) is 0 Å². The molecule has 1 saturated heterocycles. The third-order valence-electron chi connectivity index (χ3n) is 8.55. The number of likely N-dealkylation sites (tertiary alicyclic amines) is 1. The first kappa shape index (κ1) is 24.9. The summed E-state index contributed by atoms with van der Waals surface area (Å²) >= 11 is 0. The van der Waals surface area contributed by atoms with Crippen molar-refractivity contribution < 1.29 is 9.59 Å². The molecular weight excluding hydrogens is 470 g/mol. The first-order valence-corrected chi connectivity index (χ1v) is 14.3. The Hall–Kier alpha value is -3.44. The predicted octanol–water partition coefficient (Wildman–Crippen LogP) is 5.90. The Labute approximate surface area is 225 Å². The van der Waals surface area contributed by atoms with Gasteiger partial charge in [0.2, 0.25) is 5.91 Å². The van der Waals surface area contributed by atoms with E-state index in [0.29, 0.717) is 13.1 Å². The quantitative estimate of drug-likeness (QED) is 0.413. The summed E-state index contributed by atoms with van der Waals surface area (Å²) in [6.45, 7) is 6.34.